The van der Waals surface area contributed by atoms with Gasteiger partial charge in [0.2, 0.25) is 5.91 Å². The molecule has 1 N–H and O–H groups in total. The van der Waals surface area contributed by atoms with E-state index < -0.39 is 8.80 Å². The van der Waals surface area contributed by atoms with Crippen molar-refractivity contribution in [2.45, 2.75) is 25.8 Å². The van der Waals surface area contributed by atoms with Gasteiger partial charge in [-0.25, -0.2) is 0 Å². The number of nitrogens with zero attached hydrogens (tertiary/aromatic N) is 1. The van der Waals surface area contributed by atoms with E-state index in [2.05, 4.69) is 19.4 Å². The highest BCUT2D eigenvalue weighted by atomic mass is 28.4. The van der Waals surface area contributed by atoms with Crippen molar-refractivity contribution in [1.29, 1.82) is 0 Å². The zero-order valence-corrected chi connectivity index (χ0v) is 14.8. The number of quaternary nitrogens is 1. The fourth-order valence-electron chi connectivity index (χ4n) is 2.16. The SMILES string of the molecule is CO[Si](CCC[N+](C)(C)CCCNC(C)=O)(OC)OC. The Bertz CT molecular complexity index is 275. The van der Waals surface area contributed by atoms with Crippen LogP contribution in [0.1, 0.15) is 19.8 Å². The second-order valence-electron chi connectivity index (χ2n) is 5.62. The van der Waals surface area contributed by atoms with Crippen LogP contribution in [-0.2, 0) is 18.1 Å². The van der Waals surface area contributed by atoms with Crippen molar-refractivity contribution in [3.05, 3.63) is 0 Å². The minimum Gasteiger partial charge on any atom is -0.377 e. The monoisotopic (exact) mass is 307 g/mol. The van der Waals surface area contributed by atoms with E-state index in [0.717, 1.165) is 43.0 Å². The minimum absolute atomic E-state index is 0.0337. The van der Waals surface area contributed by atoms with Gasteiger partial charge in [0.25, 0.3) is 0 Å². The normalized spacial score (nSPS) is 12.5. The van der Waals surface area contributed by atoms with Gasteiger partial charge in [0.05, 0.1) is 27.2 Å². The minimum atomic E-state index is -2.44. The number of rotatable bonds is 11. The molecule has 0 fully saturated rings. The average Bonchev–Trinajstić information content (AvgIpc) is 2.40. The molecule has 1 amide bonds. The van der Waals surface area contributed by atoms with E-state index in [1.54, 1.807) is 28.3 Å². The van der Waals surface area contributed by atoms with Crippen molar-refractivity contribution in [1.82, 2.24) is 5.32 Å². The van der Waals surface area contributed by atoms with Gasteiger partial charge in [-0.1, -0.05) is 0 Å². The summed E-state index contributed by atoms with van der Waals surface area (Å²) in [4.78, 5) is 10.8. The number of nitrogens with one attached hydrogen (secondary N) is 1. The summed E-state index contributed by atoms with van der Waals surface area (Å²) in [5, 5.41) is 2.82. The van der Waals surface area contributed by atoms with E-state index >= 15 is 0 Å². The highest BCUT2D eigenvalue weighted by Gasteiger charge is 2.37. The zero-order chi connectivity index (χ0) is 15.6. The second kappa shape index (κ2) is 9.46. The number of carbonyl (C=O) groups is 1. The summed E-state index contributed by atoms with van der Waals surface area (Å²) in [6.45, 7) is 4.35. The summed E-state index contributed by atoms with van der Waals surface area (Å²) in [5.74, 6) is 0.0337. The summed E-state index contributed by atoms with van der Waals surface area (Å²) in [5.41, 5.74) is 0. The lowest BCUT2D eigenvalue weighted by Gasteiger charge is -2.31. The molecule has 0 aliphatic carbocycles. The van der Waals surface area contributed by atoms with Gasteiger partial charge in [-0.15, -0.1) is 0 Å². The quantitative estimate of drug-likeness (QED) is 0.349. The van der Waals surface area contributed by atoms with Crippen LogP contribution >= 0.6 is 0 Å². The van der Waals surface area contributed by atoms with E-state index in [4.69, 9.17) is 13.3 Å². The van der Waals surface area contributed by atoms with Crippen molar-refractivity contribution in [2.24, 2.45) is 0 Å². The first-order valence-electron chi connectivity index (χ1n) is 7.03. The Balaban J connectivity index is 3.99. The van der Waals surface area contributed by atoms with Gasteiger partial charge >= 0.3 is 8.80 Å². The molecule has 0 aromatic rings. The fraction of sp³-hybridized carbons (Fsp3) is 0.923. The van der Waals surface area contributed by atoms with Gasteiger partial charge < -0.3 is 23.1 Å². The maximum atomic E-state index is 10.8. The Hall–Kier alpha value is -0.473. The van der Waals surface area contributed by atoms with Crippen molar-refractivity contribution < 1.29 is 22.6 Å². The van der Waals surface area contributed by atoms with Gasteiger partial charge in [0.1, 0.15) is 0 Å². The topological polar surface area (TPSA) is 56.8 Å². The Morgan fingerprint density at radius 3 is 2.00 bits per heavy atom. The van der Waals surface area contributed by atoms with E-state index in [0.29, 0.717) is 0 Å². The predicted molar refractivity (Wildman–Crippen MR) is 81.3 cm³/mol. The second-order valence-corrected chi connectivity index (χ2v) is 8.71. The molecule has 0 radical (unpaired) electrons. The molecule has 0 saturated carbocycles. The average molecular weight is 307 g/mol. The first-order chi connectivity index (χ1) is 9.31. The molecule has 0 aromatic carbocycles. The molecule has 0 aliphatic heterocycles. The van der Waals surface area contributed by atoms with Gasteiger partial charge in [-0.2, -0.15) is 0 Å². The van der Waals surface area contributed by atoms with Crippen molar-refractivity contribution in [3.8, 4) is 0 Å². The third-order valence-electron chi connectivity index (χ3n) is 3.49. The largest absolute Gasteiger partial charge is 0.500 e. The van der Waals surface area contributed by atoms with E-state index in [-0.39, 0.29) is 5.91 Å². The summed E-state index contributed by atoms with van der Waals surface area (Å²) in [7, 11) is 6.89. The molecule has 0 aromatic heterocycles. The Morgan fingerprint density at radius 2 is 1.55 bits per heavy atom. The van der Waals surface area contributed by atoms with Crippen LogP contribution in [0.3, 0.4) is 0 Å². The molecule has 0 spiro atoms. The lowest BCUT2D eigenvalue weighted by Crippen LogP contribution is -2.46. The number of hydrogen-bond donors (Lipinski definition) is 1. The Kier molecular flexibility index (Phi) is 9.24. The maximum absolute atomic E-state index is 10.8. The number of hydrogen-bond acceptors (Lipinski definition) is 4. The number of carbonyl (C=O) groups excluding carboxylic acids is 1. The van der Waals surface area contributed by atoms with Crippen LogP contribution < -0.4 is 5.32 Å². The van der Waals surface area contributed by atoms with Crippen LogP contribution in [0.25, 0.3) is 0 Å². The smallest absolute Gasteiger partial charge is 0.377 e. The summed E-state index contributed by atoms with van der Waals surface area (Å²) < 4.78 is 17.2. The standard InChI is InChI=1S/C13H30N2O4Si/c1-13(16)14-9-7-10-15(2,3)11-8-12-20(17-4,18-5)19-6/h7-12H2,1-6H3/p+1. The Morgan fingerprint density at radius 1 is 1.05 bits per heavy atom. The van der Waals surface area contributed by atoms with Gasteiger partial charge in [0, 0.05) is 53.7 Å². The van der Waals surface area contributed by atoms with Crippen molar-refractivity contribution >= 4 is 14.7 Å². The van der Waals surface area contributed by atoms with Gasteiger partial charge in [-0.05, 0) is 0 Å². The molecule has 0 aliphatic rings. The van der Waals surface area contributed by atoms with Gasteiger partial charge in [-0.3, -0.25) is 4.79 Å². The van der Waals surface area contributed by atoms with Gasteiger partial charge in [0.15, 0.2) is 0 Å². The third-order valence-corrected chi connectivity index (χ3v) is 6.33. The molecule has 0 heterocycles. The summed E-state index contributed by atoms with van der Waals surface area (Å²) >= 11 is 0. The number of amides is 1. The molecule has 0 rings (SSSR count). The molecule has 0 unspecified atom stereocenters. The third kappa shape index (κ3) is 7.96. The van der Waals surface area contributed by atoms with Crippen LogP contribution in [0.15, 0.2) is 0 Å². The molecule has 0 atom stereocenters. The first kappa shape index (κ1) is 19.5. The van der Waals surface area contributed by atoms with Crippen molar-refractivity contribution in [3.63, 3.8) is 0 Å². The molecular formula is C13H31N2O4Si+. The van der Waals surface area contributed by atoms with Crippen LogP contribution in [-0.4, -0.2) is 74.3 Å². The molecule has 0 bridgehead atoms. The van der Waals surface area contributed by atoms with Crippen LogP contribution in [0, 0.1) is 0 Å². The highest BCUT2D eigenvalue weighted by Crippen LogP contribution is 2.16. The predicted octanol–water partition coefficient (Wildman–Crippen LogP) is 0.857. The molecule has 0 saturated heterocycles. The molecule has 7 heteroatoms. The molecule has 120 valence electrons. The molecule has 6 nitrogen and oxygen atoms in total. The lowest BCUT2D eigenvalue weighted by molar-refractivity contribution is -0.890. The van der Waals surface area contributed by atoms with Crippen LogP contribution in [0.4, 0.5) is 0 Å². The lowest BCUT2D eigenvalue weighted by atomic mass is 10.3. The summed E-state index contributed by atoms with van der Waals surface area (Å²) in [6.07, 6.45) is 1.98. The van der Waals surface area contributed by atoms with Crippen molar-refractivity contribution in [2.75, 3.05) is 55.1 Å². The summed E-state index contributed by atoms with van der Waals surface area (Å²) in [6, 6.07) is 0.823. The van der Waals surface area contributed by atoms with E-state index in [9.17, 15) is 4.79 Å². The van der Waals surface area contributed by atoms with Crippen LogP contribution in [0.5, 0.6) is 0 Å². The zero-order valence-electron chi connectivity index (χ0n) is 13.8. The highest BCUT2D eigenvalue weighted by molar-refractivity contribution is 6.60. The molecular weight excluding hydrogens is 276 g/mol. The Labute approximate surface area is 124 Å². The maximum Gasteiger partial charge on any atom is 0.500 e. The fourth-order valence-corrected chi connectivity index (χ4v) is 3.87. The van der Waals surface area contributed by atoms with E-state index in [1.807, 2.05) is 0 Å². The van der Waals surface area contributed by atoms with E-state index in [1.165, 1.54) is 0 Å². The first-order valence-corrected chi connectivity index (χ1v) is 8.96. The van der Waals surface area contributed by atoms with Crippen LogP contribution in [0.2, 0.25) is 6.04 Å². The molecule has 20 heavy (non-hydrogen) atoms.